The molecule has 0 saturated carbocycles. The Balaban J connectivity index is 2.01. The van der Waals surface area contributed by atoms with Gasteiger partial charge >= 0.3 is 0 Å². The van der Waals surface area contributed by atoms with E-state index in [2.05, 4.69) is 5.32 Å². The number of hydrogen-bond donors (Lipinski definition) is 1. The number of halogens is 2. The molecule has 7 nitrogen and oxygen atoms in total. The van der Waals surface area contributed by atoms with Gasteiger partial charge in [-0.2, -0.15) is 0 Å². The first-order valence-corrected chi connectivity index (χ1v) is 13.3. The van der Waals surface area contributed by atoms with E-state index in [1.54, 1.807) is 0 Å². The Hall–Kier alpha value is -3.43. The second-order valence-corrected chi connectivity index (χ2v) is 10.5. The number of nitrogens with one attached hydrogen (secondary N) is 1. The highest BCUT2D eigenvalue weighted by Crippen LogP contribution is 2.25. The van der Waals surface area contributed by atoms with Crippen molar-refractivity contribution in [3.63, 3.8) is 0 Å². The van der Waals surface area contributed by atoms with Gasteiger partial charge in [0, 0.05) is 20.0 Å². The highest BCUT2D eigenvalue weighted by atomic mass is 35.5. The van der Waals surface area contributed by atoms with Gasteiger partial charge in [-0.3, -0.25) is 13.9 Å². The van der Waals surface area contributed by atoms with Crippen LogP contribution in [-0.2, 0) is 32.6 Å². The number of anilines is 1. The van der Waals surface area contributed by atoms with E-state index < -0.39 is 34.3 Å². The van der Waals surface area contributed by atoms with E-state index in [1.165, 1.54) is 18.0 Å². The number of amides is 2. The molecule has 1 N–H and O–H groups in total. The third-order valence-electron chi connectivity index (χ3n) is 5.58. The highest BCUT2D eigenvalue weighted by molar-refractivity contribution is 7.92. The Morgan fingerprint density at radius 1 is 0.972 bits per heavy atom. The monoisotopic (exact) mass is 531 g/mol. The molecule has 0 heterocycles. The van der Waals surface area contributed by atoms with Gasteiger partial charge in [-0.05, 0) is 29.3 Å². The summed E-state index contributed by atoms with van der Waals surface area (Å²) >= 11 is 5.87. The average Bonchev–Trinajstić information content (AvgIpc) is 2.86. The summed E-state index contributed by atoms with van der Waals surface area (Å²) in [4.78, 5) is 28.1. The molecule has 0 aliphatic rings. The lowest BCUT2D eigenvalue weighted by Gasteiger charge is -2.33. The van der Waals surface area contributed by atoms with Gasteiger partial charge in [0.05, 0.1) is 17.0 Å². The van der Waals surface area contributed by atoms with Gasteiger partial charge in [0.25, 0.3) is 0 Å². The van der Waals surface area contributed by atoms with Crippen molar-refractivity contribution in [3.8, 4) is 0 Å². The Morgan fingerprint density at radius 3 is 2.08 bits per heavy atom. The molecule has 190 valence electrons. The lowest BCUT2D eigenvalue weighted by molar-refractivity contribution is -0.139. The van der Waals surface area contributed by atoms with Crippen molar-refractivity contribution in [2.45, 2.75) is 19.0 Å². The SMILES string of the molecule is CNC(=O)C(Cc1ccccc1)N(Cc1ccccc1)C(=O)CN(c1ccc(F)c(Cl)c1)S(C)(=O)=O. The molecule has 1 atom stereocenters. The van der Waals surface area contributed by atoms with Crippen molar-refractivity contribution in [1.82, 2.24) is 10.2 Å². The molecule has 0 bridgehead atoms. The second kappa shape index (κ2) is 12.0. The Labute approximate surface area is 215 Å². The molecular formula is C26H27ClFN3O4S. The standard InChI is InChI=1S/C26H27ClFN3O4S/c1-29-26(33)24(15-19-9-5-3-6-10-19)30(17-20-11-7-4-8-12-20)25(32)18-31(36(2,34)35)21-13-14-23(28)22(27)16-21/h3-14,16,24H,15,17-18H2,1-2H3,(H,29,33). The molecule has 0 spiro atoms. The van der Waals surface area contributed by atoms with Crippen LogP contribution in [0, 0.1) is 5.82 Å². The van der Waals surface area contributed by atoms with Crippen molar-refractivity contribution in [3.05, 3.63) is 101 Å². The molecule has 3 rings (SSSR count). The van der Waals surface area contributed by atoms with Crippen LogP contribution in [0.1, 0.15) is 11.1 Å². The first kappa shape index (κ1) is 27.2. The van der Waals surface area contributed by atoms with E-state index >= 15 is 0 Å². The van der Waals surface area contributed by atoms with E-state index in [-0.39, 0.29) is 29.6 Å². The molecule has 0 aromatic heterocycles. The van der Waals surface area contributed by atoms with Gasteiger partial charge in [-0.1, -0.05) is 72.3 Å². The molecule has 2 amide bonds. The fourth-order valence-electron chi connectivity index (χ4n) is 3.75. The Morgan fingerprint density at radius 2 is 1.56 bits per heavy atom. The third kappa shape index (κ3) is 7.05. The summed E-state index contributed by atoms with van der Waals surface area (Å²) < 4.78 is 39.8. The maximum Gasteiger partial charge on any atom is 0.244 e. The largest absolute Gasteiger partial charge is 0.357 e. The van der Waals surface area contributed by atoms with Crippen molar-refractivity contribution in [1.29, 1.82) is 0 Å². The third-order valence-corrected chi connectivity index (χ3v) is 7.01. The van der Waals surface area contributed by atoms with Gasteiger partial charge < -0.3 is 10.2 Å². The van der Waals surface area contributed by atoms with Crippen molar-refractivity contribution < 1.29 is 22.4 Å². The number of benzene rings is 3. The van der Waals surface area contributed by atoms with Crippen LogP contribution in [-0.4, -0.2) is 51.0 Å². The first-order valence-electron chi connectivity index (χ1n) is 11.1. The Bertz CT molecular complexity index is 1310. The van der Waals surface area contributed by atoms with Gasteiger partial charge in [0.15, 0.2) is 0 Å². The number of sulfonamides is 1. The predicted molar refractivity (Wildman–Crippen MR) is 139 cm³/mol. The van der Waals surface area contributed by atoms with Crippen molar-refractivity contribution in [2.24, 2.45) is 0 Å². The first-order chi connectivity index (χ1) is 17.1. The zero-order valence-corrected chi connectivity index (χ0v) is 21.5. The van der Waals surface area contributed by atoms with E-state index in [9.17, 15) is 22.4 Å². The summed E-state index contributed by atoms with van der Waals surface area (Å²) in [5.41, 5.74) is 1.64. The Kier molecular flexibility index (Phi) is 9.06. The summed E-state index contributed by atoms with van der Waals surface area (Å²) in [6.07, 6.45) is 1.17. The quantitative estimate of drug-likeness (QED) is 0.433. The fourth-order valence-corrected chi connectivity index (χ4v) is 4.77. The summed E-state index contributed by atoms with van der Waals surface area (Å²) in [7, 11) is -2.47. The molecule has 0 radical (unpaired) electrons. The highest BCUT2D eigenvalue weighted by Gasteiger charge is 2.32. The number of nitrogens with zero attached hydrogens (tertiary/aromatic N) is 2. The summed E-state index contributed by atoms with van der Waals surface area (Å²) in [6, 6.07) is 20.8. The van der Waals surface area contributed by atoms with E-state index in [0.29, 0.717) is 0 Å². The second-order valence-electron chi connectivity index (χ2n) is 8.20. The topological polar surface area (TPSA) is 86.8 Å². The molecule has 3 aromatic carbocycles. The van der Waals surface area contributed by atoms with Gasteiger partial charge in [0.2, 0.25) is 21.8 Å². The van der Waals surface area contributed by atoms with Crippen LogP contribution < -0.4 is 9.62 Å². The van der Waals surface area contributed by atoms with Crippen molar-refractivity contribution >= 4 is 39.1 Å². The maximum absolute atomic E-state index is 13.7. The molecule has 0 aliphatic carbocycles. The van der Waals surface area contributed by atoms with Gasteiger partial charge in [-0.15, -0.1) is 0 Å². The lowest BCUT2D eigenvalue weighted by atomic mass is 10.0. The minimum atomic E-state index is -3.96. The maximum atomic E-state index is 13.7. The molecule has 0 saturated heterocycles. The smallest absolute Gasteiger partial charge is 0.244 e. The molecule has 1 unspecified atom stereocenters. The van der Waals surface area contributed by atoms with Crippen LogP contribution in [0.5, 0.6) is 0 Å². The molecular weight excluding hydrogens is 505 g/mol. The summed E-state index contributed by atoms with van der Waals surface area (Å²) in [5, 5.41) is 2.34. The number of hydrogen-bond acceptors (Lipinski definition) is 4. The van der Waals surface area contributed by atoms with Gasteiger partial charge in [-0.25, -0.2) is 12.8 Å². The predicted octanol–water partition coefficient (Wildman–Crippen LogP) is 3.63. The molecule has 36 heavy (non-hydrogen) atoms. The van der Waals surface area contributed by atoms with E-state index in [0.717, 1.165) is 33.8 Å². The number of likely N-dealkylation sites (N-methyl/N-ethyl adjacent to an activating group) is 1. The zero-order valence-electron chi connectivity index (χ0n) is 19.9. The molecule has 0 aliphatic heterocycles. The average molecular weight is 532 g/mol. The minimum absolute atomic E-state index is 0.0384. The summed E-state index contributed by atoms with van der Waals surface area (Å²) in [5.74, 6) is -1.71. The van der Waals surface area contributed by atoms with Crippen LogP contribution in [0.4, 0.5) is 10.1 Å². The van der Waals surface area contributed by atoms with Crippen LogP contribution in [0.3, 0.4) is 0 Å². The van der Waals surface area contributed by atoms with Crippen LogP contribution in [0.15, 0.2) is 78.9 Å². The van der Waals surface area contributed by atoms with E-state index in [1.807, 2.05) is 60.7 Å². The number of carbonyl (C=O) groups excluding carboxylic acids is 2. The van der Waals surface area contributed by atoms with Crippen LogP contribution in [0.25, 0.3) is 0 Å². The molecule has 0 fully saturated rings. The lowest BCUT2D eigenvalue weighted by Crippen LogP contribution is -2.52. The van der Waals surface area contributed by atoms with Crippen LogP contribution in [0.2, 0.25) is 5.02 Å². The minimum Gasteiger partial charge on any atom is -0.357 e. The molecule has 3 aromatic rings. The van der Waals surface area contributed by atoms with Crippen molar-refractivity contribution in [2.75, 3.05) is 24.2 Å². The zero-order chi connectivity index (χ0) is 26.3. The number of rotatable bonds is 10. The van der Waals surface area contributed by atoms with Gasteiger partial charge in [0.1, 0.15) is 18.4 Å². The van der Waals surface area contributed by atoms with E-state index in [4.69, 9.17) is 11.6 Å². The molecule has 10 heteroatoms. The fraction of sp³-hybridized carbons (Fsp3) is 0.231. The normalized spacial score (nSPS) is 12.0. The summed E-state index contributed by atoms with van der Waals surface area (Å²) in [6.45, 7) is -0.526. The number of carbonyl (C=O) groups is 2. The van der Waals surface area contributed by atoms with Crippen LogP contribution >= 0.6 is 11.6 Å².